The zero-order valence-corrected chi connectivity index (χ0v) is 9.18. The smallest absolute Gasteiger partial charge is 0.217 e. The topological polar surface area (TPSA) is 54.9 Å². The van der Waals surface area contributed by atoms with E-state index in [1.165, 1.54) is 12.4 Å². The molecule has 1 N–H and O–H groups in total. The Hall–Kier alpha value is -1.04. The molecule has 82 valence electrons. The van der Waals surface area contributed by atoms with E-state index in [0.717, 1.165) is 12.8 Å². The van der Waals surface area contributed by atoms with E-state index in [-0.39, 0.29) is 4.75 Å². The summed E-state index contributed by atoms with van der Waals surface area (Å²) in [4.78, 5) is 7.23. The van der Waals surface area contributed by atoms with E-state index in [1.807, 2.05) is 0 Å². The third kappa shape index (κ3) is 2.31. The van der Waals surface area contributed by atoms with E-state index in [2.05, 4.69) is 15.3 Å². The predicted molar refractivity (Wildman–Crippen MR) is 56.5 cm³/mol. The summed E-state index contributed by atoms with van der Waals surface area (Å²) in [6.07, 6.45) is 4.78. The van der Waals surface area contributed by atoms with Crippen molar-refractivity contribution in [2.75, 3.05) is 18.1 Å². The van der Waals surface area contributed by atoms with Crippen LogP contribution in [0.1, 0.15) is 12.8 Å². The SMILES string of the molecule is CS(=O)C1(CNc2cc(F)ncn2)CC1. The maximum absolute atomic E-state index is 12.7. The van der Waals surface area contributed by atoms with Gasteiger partial charge in [-0.3, -0.25) is 4.21 Å². The average molecular weight is 229 g/mol. The molecule has 0 aliphatic heterocycles. The van der Waals surface area contributed by atoms with Crippen molar-refractivity contribution < 1.29 is 8.60 Å². The lowest BCUT2D eigenvalue weighted by Gasteiger charge is -2.13. The van der Waals surface area contributed by atoms with Gasteiger partial charge in [0, 0.05) is 29.7 Å². The van der Waals surface area contributed by atoms with Gasteiger partial charge in [-0.25, -0.2) is 9.97 Å². The molecule has 0 radical (unpaired) electrons. The molecule has 1 aliphatic rings. The third-order valence-electron chi connectivity index (χ3n) is 2.64. The molecule has 0 bridgehead atoms. The van der Waals surface area contributed by atoms with Crippen LogP contribution in [0.25, 0.3) is 0 Å². The second-order valence-corrected chi connectivity index (χ2v) is 5.49. The molecule has 1 fully saturated rings. The Morgan fingerprint density at radius 3 is 2.87 bits per heavy atom. The summed E-state index contributed by atoms with van der Waals surface area (Å²) in [7, 11) is -0.843. The Morgan fingerprint density at radius 2 is 2.33 bits per heavy atom. The molecule has 1 aromatic heterocycles. The molecule has 0 saturated heterocycles. The molecular formula is C9H12FN3OS. The Bertz CT molecular complexity index is 395. The number of aromatic nitrogens is 2. The van der Waals surface area contributed by atoms with Gasteiger partial charge in [0.2, 0.25) is 5.95 Å². The zero-order chi connectivity index (χ0) is 10.9. The number of halogens is 1. The van der Waals surface area contributed by atoms with Crippen molar-refractivity contribution in [1.82, 2.24) is 9.97 Å². The van der Waals surface area contributed by atoms with Gasteiger partial charge in [-0.2, -0.15) is 4.39 Å². The van der Waals surface area contributed by atoms with Crippen molar-refractivity contribution in [3.8, 4) is 0 Å². The number of anilines is 1. The standard InChI is InChI=1S/C9H12FN3OS/c1-15(14)9(2-3-9)5-11-8-4-7(10)12-6-13-8/h4,6H,2-3,5H2,1H3,(H,11,12,13). The van der Waals surface area contributed by atoms with E-state index in [1.54, 1.807) is 6.26 Å². The molecule has 6 heteroatoms. The lowest BCUT2D eigenvalue weighted by atomic mass is 10.4. The van der Waals surface area contributed by atoms with Gasteiger partial charge in [0.25, 0.3) is 0 Å². The second-order valence-electron chi connectivity index (χ2n) is 3.72. The molecule has 4 nitrogen and oxygen atoms in total. The van der Waals surface area contributed by atoms with Gasteiger partial charge in [-0.1, -0.05) is 0 Å². The summed E-state index contributed by atoms with van der Waals surface area (Å²) in [6, 6.07) is 1.23. The predicted octanol–water partition coefficient (Wildman–Crippen LogP) is 0.939. The lowest BCUT2D eigenvalue weighted by Crippen LogP contribution is -2.26. The van der Waals surface area contributed by atoms with Crippen molar-refractivity contribution in [3.05, 3.63) is 18.3 Å². The van der Waals surface area contributed by atoms with Gasteiger partial charge in [0.1, 0.15) is 12.1 Å². The van der Waals surface area contributed by atoms with E-state index in [9.17, 15) is 8.60 Å². The lowest BCUT2D eigenvalue weighted by molar-refractivity contribution is 0.580. The van der Waals surface area contributed by atoms with Crippen molar-refractivity contribution >= 4 is 16.6 Å². The number of nitrogens with zero attached hydrogens (tertiary/aromatic N) is 2. The van der Waals surface area contributed by atoms with Crippen LogP contribution in [0.2, 0.25) is 0 Å². The minimum absolute atomic E-state index is 0.124. The van der Waals surface area contributed by atoms with E-state index in [4.69, 9.17) is 0 Å². The highest BCUT2D eigenvalue weighted by Crippen LogP contribution is 2.40. The van der Waals surface area contributed by atoms with Crippen molar-refractivity contribution in [2.45, 2.75) is 17.6 Å². The molecule has 2 rings (SSSR count). The van der Waals surface area contributed by atoms with Crippen LogP contribution in [0.3, 0.4) is 0 Å². The van der Waals surface area contributed by atoms with Gasteiger partial charge in [0.15, 0.2) is 0 Å². The summed E-state index contributed by atoms with van der Waals surface area (Å²) < 4.78 is 24.0. The van der Waals surface area contributed by atoms with E-state index < -0.39 is 16.7 Å². The maximum Gasteiger partial charge on any atom is 0.217 e. The second kappa shape index (κ2) is 3.84. The van der Waals surface area contributed by atoms with Crippen LogP contribution in [0.5, 0.6) is 0 Å². The first-order valence-electron chi connectivity index (χ1n) is 4.67. The van der Waals surface area contributed by atoms with E-state index >= 15 is 0 Å². The number of hydrogen-bond donors (Lipinski definition) is 1. The summed E-state index contributed by atoms with van der Waals surface area (Å²) in [6.45, 7) is 0.576. The molecule has 1 aliphatic carbocycles. The molecule has 1 atom stereocenters. The normalized spacial score (nSPS) is 19.6. The molecule has 0 spiro atoms. The van der Waals surface area contributed by atoms with Crippen LogP contribution in [-0.2, 0) is 10.8 Å². The number of rotatable bonds is 4. The van der Waals surface area contributed by atoms with Crippen LogP contribution in [0.4, 0.5) is 10.2 Å². The fraction of sp³-hybridized carbons (Fsp3) is 0.556. The van der Waals surface area contributed by atoms with Crippen molar-refractivity contribution in [1.29, 1.82) is 0 Å². The van der Waals surface area contributed by atoms with E-state index in [0.29, 0.717) is 12.4 Å². The largest absolute Gasteiger partial charge is 0.368 e. The van der Waals surface area contributed by atoms with Gasteiger partial charge in [-0.15, -0.1) is 0 Å². The first kappa shape index (κ1) is 10.5. The summed E-state index contributed by atoms with van der Waals surface area (Å²) in [5.74, 6) is -0.116. The van der Waals surface area contributed by atoms with Crippen LogP contribution in [0.15, 0.2) is 12.4 Å². The molecule has 1 heterocycles. The fourth-order valence-corrected chi connectivity index (χ4v) is 2.34. The average Bonchev–Trinajstić information content (AvgIpc) is 2.96. The first-order valence-corrected chi connectivity index (χ1v) is 6.23. The zero-order valence-electron chi connectivity index (χ0n) is 8.36. The van der Waals surface area contributed by atoms with Gasteiger partial charge in [0.05, 0.1) is 4.75 Å². The molecule has 0 aromatic carbocycles. The summed E-state index contributed by atoms with van der Waals surface area (Å²) >= 11 is 0. The van der Waals surface area contributed by atoms with Crippen LogP contribution in [0, 0.1) is 5.95 Å². The molecule has 1 aromatic rings. The minimum atomic E-state index is -0.843. The van der Waals surface area contributed by atoms with Crippen LogP contribution < -0.4 is 5.32 Å². The number of hydrogen-bond acceptors (Lipinski definition) is 4. The van der Waals surface area contributed by atoms with Crippen LogP contribution >= 0.6 is 0 Å². The van der Waals surface area contributed by atoms with Gasteiger partial charge in [-0.05, 0) is 12.8 Å². The van der Waals surface area contributed by atoms with Gasteiger partial charge < -0.3 is 5.32 Å². The minimum Gasteiger partial charge on any atom is -0.368 e. The fourth-order valence-electron chi connectivity index (χ4n) is 1.39. The molecule has 15 heavy (non-hydrogen) atoms. The summed E-state index contributed by atoms with van der Waals surface area (Å²) in [5.41, 5.74) is 0. The Balaban J connectivity index is 1.96. The van der Waals surface area contributed by atoms with Crippen molar-refractivity contribution in [3.63, 3.8) is 0 Å². The Kier molecular flexibility index (Phi) is 2.68. The first-order chi connectivity index (χ1) is 7.12. The van der Waals surface area contributed by atoms with Crippen molar-refractivity contribution in [2.24, 2.45) is 0 Å². The monoisotopic (exact) mass is 229 g/mol. The number of nitrogens with one attached hydrogen (secondary N) is 1. The third-order valence-corrected chi connectivity index (χ3v) is 4.42. The quantitative estimate of drug-likeness (QED) is 0.781. The molecule has 0 amide bonds. The van der Waals surface area contributed by atoms with Crippen LogP contribution in [-0.4, -0.2) is 31.7 Å². The van der Waals surface area contributed by atoms with Gasteiger partial charge >= 0.3 is 0 Å². The maximum atomic E-state index is 12.7. The molecular weight excluding hydrogens is 217 g/mol. The summed E-state index contributed by atoms with van der Waals surface area (Å²) in [5, 5.41) is 2.99. The Labute approximate surface area is 89.8 Å². The highest BCUT2D eigenvalue weighted by atomic mass is 32.2. The highest BCUT2D eigenvalue weighted by molar-refractivity contribution is 7.86. The molecule has 1 saturated carbocycles. The molecule has 1 unspecified atom stereocenters. The highest BCUT2D eigenvalue weighted by Gasteiger charge is 2.46. The Morgan fingerprint density at radius 1 is 1.60 bits per heavy atom.